The molecule has 8 nitrogen and oxygen atoms in total. The number of anilines is 2. The van der Waals surface area contributed by atoms with Gasteiger partial charge in [0.05, 0.1) is 11.2 Å². The Bertz CT molecular complexity index is 1760. The van der Waals surface area contributed by atoms with E-state index in [0.29, 0.717) is 22.3 Å². The molecule has 4 N–H and O–H groups in total. The SMILES string of the molecule is Cc1c(-c2cccc(NC(=O)C(=O)Nc3cccc(-c4ccccc4)c3)c2)n(C)c2cc(O)c(C(=O)O)cc12. The van der Waals surface area contributed by atoms with Gasteiger partial charge in [-0.1, -0.05) is 54.6 Å². The van der Waals surface area contributed by atoms with Gasteiger partial charge in [0.15, 0.2) is 0 Å². The third-order valence-corrected chi connectivity index (χ3v) is 6.63. The molecule has 1 heterocycles. The monoisotopic (exact) mass is 519 g/mol. The lowest BCUT2D eigenvalue weighted by Gasteiger charge is -2.11. The molecule has 8 heteroatoms. The average molecular weight is 520 g/mol. The molecule has 0 aliphatic carbocycles. The predicted molar refractivity (Wildman–Crippen MR) is 151 cm³/mol. The molecule has 0 radical (unpaired) electrons. The largest absolute Gasteiger partial charge is 0.507 e. The van der Waals surface area contributed by atoms with Gasteiger partial charge in [0, 0.05) is 35.4 Å². The highest BCUT2D eigenvalue weighted by atomic mass is 16.4. The van der Waals surface area contributed by atoms with Crippen molar-refractivity contribution in [2.24, 2.45) is 7.05 Å². The molecule has 1 aromatic heterocycles. The Kier molecular flexibility index (Phi) is 6.60. The predicted octanol–water partition coefficient (Wildman–Crippen LogP) is 5.80. The van der Waals surface area contributed by atoms with Crippen LogP contribution in [0.25, 0.3) is 33.3 Å². The van der Waals surface area contributed by atoms with Crippen molar-refractivity contribution in [1.29, 1.82) is 0 Å². The lowest BCUT2D eigenvalue weighted by molar-refractivity contribution is -0.132. The van der Waals surface area contributed by atoms with E-state index in [1.807, 2.05) is 67.1 Å². The smallest absolute Gasteiger partial charge is 0.339 e. The standard InChI is InChI=1S/C31H25N3O5/c1-18-24-16-25(31(38)39)27(35)17-26(24)34(2)28(18)21-11-7-13-23(15-21)33-30(37)29(36)32-22-12-6-10-20(14-22)19-8-4-3-5-9-19/h3-17,35H,1-2H3,(H,32,36)(H,33,37)(H,38,39). The number of carboxylic acid groups (broad SMARTS) is 1. The molecule has 194 valence electrons. The topological polar surface area (TPSA) is 121 Å². The van der Waals surface area contributed by atoms with Crippen molar-refractivity contribution in [3.05, 3.63) is 102 Å². The van der Waals surface area contributed by atoms with Gasteiger partial charge in [-0.25, -0.2) is 4.79 Å². The molecule has 0 fully saturated rings. The van der Waals surface area contributed by atoms with E-state index in [1.165, 1.54) is 12.1 Å². The van der Waals surface area contributed by atoms with Crippen molar-refractivity contribution in [3.63, 3.8) is 0 Å². The second-order valence-electron chi connectivity index (χ2n) is 9.16. The Morgan fingerprint density at radius 1 is 0.718 bits per heavy atom. The lowest BCUT2D eigenvalue weighted by Crippen LogP contribution is -2.29. The number of rotatable bonds is 5. The second-order valence-corrected chi connectivity index (χ2v) is 9.16. The van der Waals surface area contributed by atoms with E-state index in [2.05, 4.69) is 10.6 Å². The maximum Gasteiger partial charge on any atom is 0.339 e. The van der Waals surface area contributed by atoms with Crippen LogP contribution in [0.5, 0.6) is 5.75 Å². The summed E-state index contributed by atoms with van der Waals surface area (Å²) < 4.78 is 1.85. The number of phenols is 1. The van der Waals surface area contributed by atoms with E-state index in [1.54, 1.807) is 30.3 Å². The maximum atomic E-state index is 12.7. The highest BCUT2D eigenvalue weighted by molar-refractivity contribution is 6.43. The summed E-state index contributed by atoms with van der Waals surface area (Å²) in [4.78, 5) is 36.9. The van der Waals surface area contributed by atoms with Crippen LogP contribution in [0.15, 0.2) is 91.0 Å². The van der Waals surface area contributed by atoms with Crippen LogP contribution >= 0.6 is 0 Å². The molecule has 0 atom stereocenters. The van der Waals surface area contributed by atoms with Crippen molar-refractivity contribution in [1.82, 2.24) is 4.57 Å². The quantitative estimate of drug-likeness (QED) is 0.219. The molecule has 0 aliphatic rings. The normalized spacial score (nSPS) is 10.8. The van der Waals surface area contributed by atoms with Crippen molar-refractivity contribution in [3.8, 4) is 28.1 Å². The first kappa shape index (κ1) is 25.3. The number of fused-ring (bicyclic) bond motifs is 1. The highest BCUT2D eigenvalue weighted by Gasteiger charge is 2.20. The molecule has 5 aromatic rings. The van der Waals surface area contributed by atoms with Gasteiger partial charge in [-0.2, -0.15) is 0 Å². The minimum atomic E-state index is -1.21. The van der Waals surface area contributed by atoms with E-state index in [-0.39, 0.29) is 11.3 Å². The zero-order chi connectivity index (χ0) is 27.7. The third-order valence-electron chi connectivity index (χ3n) is 6.63. The van der Waals surface area contributed by atoms with Crippen LogP contribution in [0.2, 0.25) is 0 Å². The molecule has 0 saturated heterocycles. The number of carboxylic acids is 1. The number of aromatic hydroxyl groups is 1. The summed E-state index contributed by atoms with van der Waals surface area (Å²) >= 11 is 0. The van der Waals surface area contributed by atoms with E-state index in [4.69, 9.17) is 0 Å². The fourth-order valence-corrected chi connectivity index (χ4v) is 4.76. The third kappa shape index (κ3) is 4.95. The van der Waals surface area contributed by atoms with Gasteiger partial charge < -0.3 is 25.4 Å². The number of aryl methyl sites for hydroxylation is 2. The number of aromatic carboxylic acids is 1. The van der Waals surface area contributed by atoms with Crippen LogP contribution in [0.4, 0.5) is 11.4 Å². The minimum Gasteiger partial charge on any atom is -0.507 e. The van der Waals surface area contributed by atoms with Gasteiger partial charge >= 0.3 is 17.8 Å². The first-order valence-corrected chi connectivity index (χ1v) is 12.2. The molecule has 2 amide bonds. The van der Waals surface area contributed by atoms with Crippen molar-refractivity contribution < 1.29 is 24.6 Å². The number of benzene rings is 4. The number of carbonyl (C=O) groups is 3. The molecule has 0 aliphatic heterocycles. The van der Waals surface area contributed by atoms with Gasteiger partial charge in [0.1, 0.15) is 11.3 Å². The highest BCUT2D eigenvalue weighted by Crippen LogP contribution is 2.36. The molecule has 0 saturated carbocycles. The Balaban J connectivity index is 1.37. The van der Waals surface area contributed by atoms with Crippen molar-refractivity contribution in [2.75, 3.05) is 10.6 Å². The Labute approximate surface area is 224 Å². The first-order valence-electron chi connectivity index (χ1n) is 12.2. The number of hydrogen-bond acceptors (Lipinski definition) is 4. The van der Waals surface area contributed by atoms with Gasteiger partial charge in [-0.15, -0.1) is 0 Å². The van der Waals surface area contributed by atoms with Gasteiger partial charge in [-0.3, -0.25) is 9.59 Å². The summed E-state index contributed by atoms with van der Waals surface area (Å²) in [5.74, 6) is -3.15. The van der Waals surface area contributed by atoms with Crippen LogP contribution in [-0.4, -0.2) is 32.6 Å². The average Bonchev–Trinajstić information content (AvgIpc) is 3.17. The molecular weight excluding hydrogens is 494 g/mol. The lowest BCUT2D eigenvalue weighted by atomic mass is 10.0. The van der Waals surface area contributed by atoms with E-state index in [0.717, 1.165) is 27.9 Å². The summed E-state index contributed by atoms with van der Waals surface area (Å²) in [6.45, 7) is 1.86. The zero-order valence-corrected chi connectivity index (χ0v) is 21.2. The van der Waals surface area contributed by atoms with Crippen LogP contribution in [0.3, 0.4) is 0 Å². The Morgan fingerprint density at radius 3 is 1.90 bits per heavy atom. The first-order chi connectivity index (χ1) is 18.7. The molecule has 4 aromatic carbocycles. The summed E-state index contributed by atoms with van der Waals surface area (Å²) in [7, 11) is 1.81. The van der Waals surface area contributed by atoms with Crippen LogP contribution in [0, 0.1) is 6.92 Å². The minimum absolute atomic E-state index is 0.177. The second kappa shape index (κ2) is 10.2. The fraction of sp³-hybridized carbons (Fsp3) is 0.0645. The fourth-order valence-electron chi connectivity index (χ4n) is 4.76. The maximum absolute atomic E-state index is 12.7. The van der Waals surface area contributed by atoms with E-state index in [9.17, 15) is 24.6 Å². The number of hydrogen-bond donors (Lipinski definition) is 4. The van der Waals surface area contributed by atoms with Crippen molar-refractivity contribution in [2.45, 2.75) is 6.92 Å². The van der Waals surface area contributed by atoms with Crippen LogP contribution in [-0.2, 0) is 16.6 Å². The zero-order valence-electron chi connectivity index (χ0n) is 21.2. The van der Waals surface area contributed by atoms with Crippen LogP contribution < -0.4 is 10.6 Å². The number of amides is 2. The van der Waals surface area contributed by atoms with Crippen molar-refractivity contribution >= 4 is 40.1 Å². The molecule has 0 bridgehead atoms. The Hall–Kier alpha value is -5.37. The summed E-state index contributed by atoms with van der Waals surface area (Å²) in [5.41, 5.74) is 5.66. The van der Waals surface area contributed by atoms with E-state index >= 15 is 0 Å². The Morgan fingerprint density at radius 2 is 1.28 bits per heavy atom. The van der Waals surface area contributed by atoms with Gasteiger partial charge in [0.2, 0.25) is 0 Å². The van der Waals surface area contributed by atoms with E-state index < -0.39 is 17.8 Å². The molecule has 0 unspecified atom stereocenters. The molecule has 5 rings (SSSR count). The summed E-state index contributed by atoms with van der Waals surface area (Å²) in [6, 6.07) is 26.9. The molecule has 0 spiro atoms. The summed E-state index contributed by atoms with van der Waals surface area (Å²) in [5, 5.41) is 25.5. The van der Waals surface area contributed by atoms with Crippen LogP contribution in [0.1, 0.15) is 15.9 Å². The summed E-state index contributed by atoms with van der Waals surface area (Å²) in [6.07, 6.45) is 0. The molecular formula is C31H25N3O5. The van der Waals surface area contributed by atoms with Gasteiger partial charge in [0.25, 0.3) is 0 Å². The number of aromatic nitrogens is 1. The van der Waals surface area contributed by atoms with Gasteiger partial charge in [-0.05, 0) is 53.9 Å². The number of nitrogens with zero attached hydrogens (tertiary/aromatic N) is 1. The molecule has 39 heavy (non-hydrogen) atoms. The number of nitrogens with one attached hydrogen (secondary N) is 2. The number of carbonyl (C=O) groups excluding carboxylic acids is 2.